The summed E-state index contributed by atoms with van der Waals surface area (Å²) in [6.45, 7) is 8.45. The molecule has 1 N–H and O–H groups in total. The van der Waals surface area contributed by atoms with Crippen molar-refractivity contribution >= 4 is 28.3 Å². The molecule has 1 aliphatic rings. The number of nitrogens with one attached hydrogen (secondary N) is 1. The van der Waals surface area contributed by atoms with E-state index in [1.165, 1.54) is 22.1 Å². The maximum absolute atomic E-state index is 12.7. The number of nitrogens with zero attached hydrogens (tertiary/aromatic N) is 3. The normalized spacial score (nSPS) is 14.2. The number of hydrogen-bond donors (Lipinski definition) is 1. The van der Waals surface area contributed by atoms with Gasteiger partial charge in [0.25, 0.3) is 0 Å². The molecule has 0 fully saturated rings. The molecule has 28 heavy (non-hydrogen) atoms. The molecule has 0 spiro atoms. The molecule has 2 amide bonds. The van der Waals surface area contributed by atoms with Gasteiger partial charge in [0.2, 0.25) is 0 Å². The maximum Gasteiger partial charge on any atom is 0.322 e. The van der Waals surface area contributed by atoms with Gasteiger partial charge in [-0.05, 0) is 62.1 Å². The van der Waals surface area contributed by atoms with Crippen LogP contribution in [0.1, 0.15) is 30.0 Å². The number of anilines is 1. The van der Waals surface area contributed by atoms with Crippen LogP contribution >= 0.6 is 0 Å². The van der Waals surface area contributed by atoms with Gasteiger partial charge in [0, 0.05) is 48.7 Å². The number of carbonyl (C=O) groups excluding carboxylic acids is 1. The molecule has 2 aromatic heterocycles. The first kappa shape index (κ1) is 18.3. The highest BCUT2D eigenvalue weighted by molar-refractivity contribution is 5.93. The van der Waals surface area contributed by atoms with E-state index >= 15 is 0 Å². The van der Waals surface area contributed by atoms with Crippen LogP contribution in [0.2, 0.25) is 0 Å². The zero-order valence-electron chi connectivity index (χ0n) is 16.7. The van der Waals surface area contributed by atoms with E-state index in [1.807, 2.05) is 36.2 Å². The fourth-order valence-corrected chi connectivity index (χ4v) is 3.80. The standard InChI is InChI=1S/C23H26N4O/c1-4-26-15-20(19-8-6-12-24-22(19)26)18-10-13-27(14-11-18)23(28)25-21-9-5-7-16(2)17(21)3/h5-10,12,15H,4,11,13-14H2,1-3H3,(H,25,28). The van der Waals surface area contributed by atoms with Gasteiger partial charge in [0.05, 0.1) is 0 Å². The summed E-state index contributed by atoms with van der Waals surface area (Å²) in [5.74, 6) is 0. The Hall–Kier alpha value is -3.08. The van der Waals surface area contributed by atoms with Crippen molar-refractivity contribution in [1.29, 1.82) is 0 Å². The average Bonchev–Trinajstić information content (AvgIpc) is 3.10. The Kier molecular flexibility index (Phi) is 4.90. The number of hydrogen-bond acceptors (Lipinski definition) is 2. The van der Waals surface area contributed by atoms with E-state index in [-0.39, 0.29) is 6.03 Å². The number of amides is 2. The number of fused-ring (bicyclic) bond motifs is 1. The van der Waals surface area contributed by atoms with Crippen molar-refractivity contribution in [3.05, 3.63) is 65.5 Å². The number of aromatic nitrogens is 2. The van der Waals surface area contributed by atoms with Crippen LogP contribution in [0.3, 0.4) is 0 Å². The van der Waals surface area contributed by atoms with Crippen molar-refractivity contribution in [2.45, 2.75) is 33.7 Å². The summed E-state index contributed by atoms with van der Waals surface area (Å²) in [7, 11) is 0. The lowest BCUT2D eigenvalue weighted by Gasteiger charge is -2.27. The predicted molar refractivity (Wildman–Crippen MR) is 115 cm³/mol. The van der Waals surface area contributed by atoms with E-state index in [1.54, 1.807) is 0 Å². The molecule has 5 nitrogen and oxygen atoms in total. The Balaban J connectivity index is 1.52. The number of urea groups is 1. The van der Waals surface area contributed by atoms with Crippen LogP contribution in [0.25, 0.3) is 16.6 Å². The summed E-state index contributed by atoms with van der Waals surface area (Å²) in [6.07, 6.45) is 7.05. The third-order valence-electron chi connectivity index (χ3n) is 5.66. The highest BCUT2D eigenvalue weighted by atomic mass is 16.2. The van der Waals surface area contributed by atoms with Crippen molar-refractivity contribution in [3.63, 3.8) is 0 Å². The molecular formula is C23H26N4O. The molecule has 0 bridgehead atoms. The zero-order chi connectivity index (χ0) is 19.7. The minimum atomic E-state index is -0.0401. The molecule has 3 aromatic rings. The Morgan fingerprint density at radius 1 is 1.21 bits per heavy atom. The largest absolute Gasteiger partial charge is 0.332 e. The van der Waals surface area contributed by atoms with Crippen LogP contribution in [-0.2, 0) is 6.54 Å². The van der Waals surface area contributed by atoms with Crippen molar-refractivity contribution in [1.82, 2.24) is 14.5 Å². The third kappa shape index (κ3) is 3.28. The lowest BCUT2D eigenvalue weighted by Crippen LogP contribution is -2.38. The first-order chi connectivity index (χ1) is 13.6. The van der Waals surface area contributed by atoms with E-state index < -0.39 is 0 Å². The van der Waals surface area contributed by atoms with Crippen molar-refractivity contribution in [2.75, 3.05) is 18.4 Å². The second-order valence-corrected chi connectivity index (χ2v) is 7.31. The molecule has 4 rings (SSSR count). The van der Waals surface area contributed by atoms with E-state index in [4.69, 9.17) is 0 Å². The van der Waals surface area contributed by atoms with Gasteiger partial charge < -0.3 is 14.8 Å². The molecule has 0 saturated heterocycles. The molecule has 0 saturated carbocycles. The van der Waals surface area contributed by atoms with Crippen LogP contribution in [0.4, 0.5) is 10.5 Å². The van der Waals surface area contributed by atoms with Gasteiger partial charge in [0.15, 0.2) is 0 Å². The number of carbonyl (C=O) groups is 1. The smallest absolute Gasteiger partial charge is 0.322 e. The summed E-state index contributed by atoms with van der Waals surface area (Å²) >= 11 is 0. The number of benzene rings is 1. The van der Waals surface area contributed by atoms with Crippen molar-refractivity contribution in [3.8, 4) is 0 Å². The fraction of sp³-hybridized carbons (Fsp3) is 0.304. The average molecular weight is 374 g/mol. The first-order valence-corrected chi connectivity index (χ1v) is 9.84. The monoisotopic (exact) mass is 374 g/mol. The number of aryl methyl sites for hydroxylation is 2. The predicted octanol–water partition coefficient (Wildman–Crippen LogP) is 4.99. The van der Waals surface area contributed by atoms with Gasteiger partial charge in [0.1, 0.15) is 5.65 Å². The topological polar surface area (TPSA) is 50.2 Å². The van der Waals surface area contributed by atoms with Crippen LogP contribution in [0, 0.1) is 13.8 Å². The number of pyridine rings is 1. The summed E-state index contributed by atoms with van der Waals surface area (Å²) in [5.41, 5.74) is 6.73. The molecule has 3 heterocycles. The van der Waals surface area contributed by atoms with E-state index in [2.05, 4.69) is 53.1 Å². The molecule has 0 atom stereocenters. The molecule has 0 aliphatic carbocycles. The van der Waals surface area contributed by atoms with Gasteiger partial charge >= 0.3 is 6.03 Å². The zero-order valence-corrected chi connectivity index (χ0v) is 16.7. The van der Waals surface area contributed by atoms with Crippen LogP contribution in [0.5, 0.6) is 0 Å². The Morgan fingerprint density at radius 3 is 2.82 bits per heavy atom. The van der Waals surface area contributed by atoms with Gasteiger partial charge in [-0.25, -0.2) is 9.78 Å². The first-order valence-electron chi connectivity index (χ1n) is 9.84. The molecule has 5 heteroatoms. The lowest BCUT2D eigenvalue weighted by atomic mass is 10.00. The SMILES string of the molecule is CCn1cc(C2=CCN(C(=O)Nc3cccc(C)c3C)CC2)c2cccnc21. The Morgan fingerprint density at radius 2 is 2.07 bits per heavy atom. The van der Waals surface area contributed by atoms with Crippen LogP contribution in [0.15, 0.2) is 48.8 Å². The van der Waals surface area contributed by atoms with Gasteiger partial charge in [-0.15, -0.1) is 0 Å². The fourth-order valence-electron chi connectivity index (χ4n) is 3.80. The highest BCUT2D eigenvalue weighted by Crippen LogP contribution is 2.30. The second kappa shape index (κ2) is 7.50. The van der Waals surface area contributed by atoms with Gasteiger partial charge in [-0.2, -0.15) is 0 Å². The van der Waals surface area contributed by atoms with Crippen LogP contribution < -0.4 is 5.32 Å². The molecule has 0 unspecified atom stereocenters. The van der Waals surface area contributed by atoms with E-state index in [0.29, 0.717) is 13.1 Å². The summed E-state index contributed by atoms with van der Waals surface area (Å²) in [4.78, 5) is 19.1. The maximum atomic E-state index is 12.7. The third-order valence-corrected chi connectivity index (χ3v) is 5.66. The molecule has 144 valence electrons. The highest BCUT2D eigenvalue weighted by Gasteiger charge is 2.21. The van der Waals surface area contributed by atoms with E-state index in [9.17, 15) is 4.79 Å². The number of rotatable bonds is 3. The Labute approximate surface area is 165 Å². The second-order valence-electron chi connectivity index (χ2n) is 7.31. The minimum absolute atomic E-state index is 0.0401. The lowest BCUT2D eigenvalue weighted by molar-refractivity contribution is 0.217. The van der Waals surface area contributed by atoms with Crippen molar-refractivity contribution < 1.29 is 4.79 Å². The van der Waals surface area contributed by atoms with Crippen molar-refractivity contribution in [2.24, 2.45) is 0 Å². The van der Waals surface area contributed by atoms with E-state index in [0.717, 1.165) is 29.9 Å². The molecular weight excluding hydrogens is 348 g/mol. The summed E-state index contributed by atoms with van der Waals surface area (Å²) in [5, 5.41) is 4.25. The quantitative estimate of drug-likeness (QED) is 0.702. The van der Waals surface area contributed by atoms with Gasteiger partial charge in [-0.3, -0.25) is 0 Å². The van der Waals surface area contributed by atoms with Gasteiger partial charge in [-0.1, -0.05) is 18.2 Å². The van der Waals surface area contributed by atoms with Crippen LogP contribution in [-0.4, -0.2) is 33.6 Å². The minimum Gasteiger partial charge on any atom is -0.332 e. The Bertz CT molecular complexity index is 1060. The molecule has 0 radical (unpaired) electrons. The summed E-state index contributed by atoms with van der Waals surface area (Å²) < 4.78 is 2.19. The summed E-state index contributed by atoms with van der Waals surface area (Å²) in [6, 6.07) is 10.1. The molecule has 1 aromatic carbocycles. The molecule has 1 aliphatic heterocycles.